The number of amides is 2. The van der Waals surface area contributed by atoms with Crippen LogP contribution in [0.15, 0.2) is 24.3 Å². The second-order valence-corrected chi connectivity index (χ2v) is 4.69. The van der Waals surface area contributed by atoms with E-state index in [1.54, 1.807) is 18.2 Å². The summed E-state index contributed by atoms with van der Waals surface area (Å²) < 4.78 is 4.91. The van der Waals surface area contributed by atoms with Crippen molar-refractivity contribution in [2.24, 2.45) is 5.73 Å². The lowest BCUT2D eigenvalue weighted by molar-refractivity contribution is -0.131. The Morgan fingerprint density at radius 1 is 1.33 bits per heavy atom. The molecule has 3 N–H and O–H groups in total. The quantitative estimate of drug-likeness (QED) is 0.586. The highest BCUT2D eigenvalue weighted by Crippen LogP contribution is 2.14. The lowest BCUT2D eigenvalue weighted by Gasteiger charge is -2.15. The van der Waals surface area contributed by atoms with Gasteiger partial charge in [-0.15, -0.1) is 0 Å². The molecule has 0 aliphatic rings. The number of primary amides is 1. The van der Waals surface area contributed by atoms with E-state index in [4.69, 9.17) is 10.5 Å². The van der Waals surface area contributed by atoms with Gasteiger partial charge in [-0.1, -0.05) is 25.8 Å². The molecule has 0 aliphatic carbocycles. The molecular formula is C15H20N2O4. The highest BCUT2D eigenvalue weighted by Gasteiger charge is 2.18. The summed E-state index contributed by atoms with van der Waals surface area (Å²) in [6, 6.07) is 5.48. The summed E-state index contributed by atoms with van der Waals surface area (Å²) in [5.74, 6) is -1.18. The minimum Gasteiger partial charge on any atom is -0.427 e. The molecule has 0 saturated heterocycles. The van der Waals surface area contributed by atoms with Crippen LogP contribution in [0.25, 0.3) is 0 Å². The third-order valence-corrected chi connectivity index (χ3v) is 2.85. The summed E-state index contributed by atoms with van der Waals surface area (Å²) in [7, 11) is 0. The molecule has 0 saturated carbocycles. The summed E-state index contributed by atoms with van der Waals surface area (Å²) in [5, 5.41) is 2.59. The number of nitrogens with two attached hydrogens (primary N) is 1. The molecule has 0 aromatic heterocycles. The van der Waals surface area contributed by atoms with Crippen LogP contribution in [-0.2, 0) is 9.59 Å². The largest absolute Gasteiger partial charge is 0.427 e. The fraction of sp³-hybridized carbons (Fsp3) is 0.400. The van der Waals surface area contributed by atoms with Crippen molar-refractivity contribution in [2.45, 2.75) is 39.2 Å². The van der Waals surface area contributed by atoms with Gasteiger partial charge in [-0.25, -0.2) is 0 Å². The zero-order chi connectivity index (χ0) is 15.8. The van der Waals surface area contributed by atoms with Crippen LogP contribution in [0.5, 0.6) is 5.75 Å². The molecule has 0 aliphatic heterocycles. The number of hydrogen-bond acceptors (Lipinski definition) is 4. The molecule has 1 atom stereocenters. The van der Waals surface area contributed by atoms with Crippen molar-refractivity contribution in [3.8, 4) is 5.75 Å². The Kier molecular flexibility index (Phi) is 6.39. The molecular weight excluding hydrogens is 272 g/mol. The van der Waals surface area contributed by atoms with Gasteiger partial charge in [-0.05, 0) is 24.6 Å². The number of carbonyl (C=O) groups excluding carboxylic acids is 3. The molecule has 21 heavy (non-hydrogen) atoms. The summed E-state index contributed by atoms with van der Waals surface area (Å²) in [6.07, 6.45) is 2.20. The average molecular weight is 292 g/mol. The van der Waals surface area contributed by atoms with E-state index in [2.05, 4.69) is 5.32 Å². The van der Waals surface area contributed by atoms with Crippen LogP contribution in [0, 0.1) is 0 Å². The molecule has 1 aromatic carbocycles. The molecule has 1 rings (SSSR count). The lowest BCUT2D eigenvalue weighted by atomic mass is 10.1. The minimum absolute atomic E-state index is 0.277. The van der Waals surface area contributed by atoms with Gasteiger partial charge in [-0.2, -0.15) is 0 Å². The Labute approximate surface area is 123 Å². The molecule has 0 radical (unpaired) electrons. The number of unbranched alkanes of at least 4 members (excludes halogenated alkanes) is 1. The Morgan fingerprint density at radius 2 is 2.05 bits per heavy atom. The fourth-order valence-electron chi connectivity index (χ4n) is 1.80. The SMILES string of the molecule is CCCC[C@H](NC(=O)c1cccc(OC(C)=O)c1)C(N)=O. The van der Waals surface area contributed by atoms with Crippen LogP contribution in [0.1, 0.15) is 43.5 Å². The van der Waals surface area contributed by atoms with Crippen LogP contribution in [0.4, 0.5) is 0 Å². The Balaban J connectivity index is 2.77. The second kappa shape index (κ2) is 8.04. The van der Waals surface area contributed by atoms with Crippen molar-refractivity contribution in [1.82, 2.24) is 5.32 Å². The molecule has 0 spiro atoms. The maximum atomic E-state index is 12.1. The summed E-state index contributed by atoms with van der Waals surface area (Å²) in [5.41, 5.74) is 5.58. The molecule has 0 fully saturated rings. The monoisotopic (exact) mass is 292 g/mol. The van der Waals surface area contributed by atoms with E-state index >= 15 is 0 Å². The van der Waals surface area contributed by atoms with Crippen molar-refractivity contribution in [3.05, 3.63) is 29.8 Å². The van der Waals surface area contributed by atoms with Gasteiger partial charge < -0.3 is 15.8 Å². The van der Waals surface area contributed by atoms with E-state index in [9.17, 15) is 14.4 Å². The summed E-state index contributed by atoms with van der Waals surface area (Å²) >= 11 is 0. The van der Waals surface area contributed by atoms with Crippen LogP contribution in [0.2, 0.25) is 0 Å². The molecule has 0 bridgehead atoms. The van der Waals surface area contributed by atoms with Gasteiger partial charge in [0, 0.05) is 12.5 Å². The first-order chi connectivity index (χ1) is 9.93. The van der Waals surface area contributed by atoms with Gasteiger partial charge >= 0.3 is 5.97 Å². The van der Waals surface area contributed by atoms with E-state index < -0.39 is 23.8 Å². The standard InChI is InChI=1S/C15H20N2O4/c1-3-4-8-13(14(16)19)17-15(20)11-6-5-7-12(9-11)21-10(2)18/h5-7,9,13H,3-4,8H2,1-2H3,(H2,16,19)(H,17,20)/t13-/m0/s1. The predicted octanol–water partition coefficient (Wildman–Crippen LogP) is 1.39. The van der Waals surface area contributed by atoms with Crippen molar-refractivity contribution >= 4 is 17.8 Å². The van der Waals surface area contributed by atoms with Gasteiger partial charge in [0.15, 0.2) is 0 Å². The molecule has 6 heteroatoms. The molecule has 0 heterocycles. The van der Waals surface area contributed by atoms with Gasteiger partial charge in [0.1, 0.15) is 11.8 Å². The first kappa shape index (κ1) is 16.7. The third-order valence-electron chi connectivity index (χ3n) is 2.85. The molecule has 6 nitrogen and oxygen atoms in total. The molecule has 114 valence electrons. The van der Waals surface area contributed by atoms with Gasteiger partial charge in [0.25, 0.3) is 5.91 Å². The number of benzene rings is 1. The maximum absolute atomic E-state index is 12.1. The van der Waals surface area contributed by atoms with E-state index in [1.807, 2.05) is 6.92 Å². The van der Waals surface area contributed by atoms with Gasteiger partial charge in [0.2, 0.25) is 5.91 Å². The molecule has 1 aromatic rings. The van der Waals surface area contributed by atoms with Gasteiger partial charge in [0.05, 0.1) is 0 Å². The zero-order valence-electron chi connectivity index (χ0n) is 12.2. The number of ether oxygens (including phenoxy) is 1. The van der Waals surface area contributed by atoms with Crippen LogP contribution < -0.4 is 15.8 Å². The number of rotatable bonds is 7. The zero-order valence-corrected chi connectivity index (χ0v) is 12.2. The molecule has 0 unspecified atom stereocenters. The van der Waals surface area contributed by atoms with Crippen molar-refractivity contribution < 1.29 is 19.1 Å². The lowest BCUT2D eigenvalue weighted by Crippen LogP contribution is -2.44. The van der Waals surface area contributed by atoms with Crippen LogP contribution >= 0.6 is 0 Å². The van der Waals surface area contributed by atoms with Gasteiger partial charge in [-0.3, -0.25) is 14.4 Å². The van der Waals surface area contributed by atoms with E-state index in [0.29, 0.717) is 12.0 Å². The Hall–Kier alpha value is -2.37. The Bertz CT molecular complexity index is 528. The highest BCUT2D eigenvalue weighted by atomic mass is 16.5. The smallest absolute Gasteiger partial charge is 0.308 e. The number of hydrogen-bond donors (Lipinski definition) is 2. The first-order valence-electron chi connectivity index (χ1n) is 6.82. The first-order valence-corrected chi connectivity index (χ1v) is 6.82. The van der Waals surface area contributed by atoms with Crippen LogP contribution in [-0.4, -0.2) is 23.8 Å². The summed E-state index contributed by atoms with van der Waals surface area (Å²) in [6.45, 7) is 3.27. The number of esters is 1. The number of carbonyl (C=O) groups is 3. The summed E-state index contributed by atoms with van der Waals surface area (Å²) in [4.78, 5) is 34.3. The van der Waals surface area contributed by atoms with E-state index in [1.165, 1.54) is 13.0 Å². The normalized spacial score (nSPS) is 11.5. The third kappa shape index (κ3) is 5.64. The second-order valence-electron chi connectivity index (χ2n) is 4.69. The van der Waals surface area contributed by atoms with Crippen LogP contribution in [0.3, 0.4) is 0 Å². The highest BCUT2D eigenvalue weighted by molar-refractivity contribution is 5.97. The van der Waals surface area contributed by atoms with Crippen molar-refractivity contribution in [1.29, 1.82) is 0 Å². The maximum Gasteiger partial charge on any atom is 0.308 e. The van der Waals surface area contributed by atoms with E-state index in [-0.39, 0.29) is 5.75 Å². The Morgan fingerprint density at radius 3 is 2.62 bits per heavy atom. The average Bonchev–Trinajstić information content (AvgIpc) is 2.42. The fourth-order valence-corrected chi connectivity index (χ4v) is 1.80. The topological polar surface area (TPSA) is 98.5 Å². The minimum atomic E-state index is -0.699. The predicted molar refractivity (Wildman–Crippen MR) is 77.7 cm³/mol. The van der Waals surface area contributed by atoms with Crippen molar-refractivity contribution in [2.75, 3.05) is 0 Å². The molecule has 2 amide bonds. The number of nitrogens with one attached hydrogen (secondary N) is 1. The van der Waals surface area contributed by atoms with Crippen molar-refractivity contribution in [3.63, 3.8) is 0 Å². The van der Waals surface area contributed by atoms with E-state index in [0.717, 1.165) is 12.8 Å².